The zero-order valence-electron chi connectivity index (χ0n) is 17.4. The Kier molecular flexibility index (Phi) is 5.65. The van der Waals surface area contributed by atoms with Gasteiger partial charge in [0.25, 0.3) is 5.91 Å². The van der Waals surface area contributed by atoms with Crippen molar-refractivity contribution in [2.45, 2.75) is 12.7 Å². The van der Waals surface area contributed by atoms with Gasteiger partial charge in [-0.1, -0.05) is 94.8 Å². The first-order chi connectivity index (χ1) is 15.7. The van der Waals surface area contributed by atoms with Crippen molar-refractivity contribution in [3.8, 4) is 0 Å². The van der Waals surface area contributed by atoms with Crippen LogP contribution in [0, 0.1) is 0 Å². The average molecular weight is 484 g/mol. The number of fused-ring (bicyclic) bond motifs is 1. The van der Waals surface area contributed by atoms with E-state index in [2.05, 4.69) is 44.5 Å². The standard InChI is InChI=1S/C27H22BrN3O/c28-24-17-9-7-15-22(24)26-30(19-20-11-3-1-4-12-20)25-18-10-8-16-23(25)27(32)31(26)29-21-13-5-2-6-14-21/h1-18,26,29H,19H2. The lowest BCUT2D eigenvalue weighted by atomic mass is 10.0. The molecule has 32 heavy (non-hydrogen) atoms. The van der Waals surface area contributed by atoms with E-state index < -0.39 is 0 Å². The molecule has 0 spiro atoms. The summed E-state index contributed by atoms with van der Waals surface area (Å²) < 4.78 is 0.954. The molecule has 4 aromatic carbocycles. The second kappa shape index (κ2) is 8.89. The molecular formula is C27H22BrN3O. The predicted octanol–water partition coefficient (Wildman–Crippen LogP) is 6.64. The summed E-state index contributed by atoms with van der Waals surface area (Å²) in [6.45, 7) is 0.657. The van der Waals surface area contributed by atoms with E-state index in [1.165, 1.54) is 5.56 Å². The monoisotopic (exact) mass is 483 g/mol. The molecule has 0 aromatic heterocycles. The highest BCUT2D eigenvalue weighted by molar-refractivity contribution is 9.10. The third-order valence-corrected chi connectivity index (χ3v) is 6.33. The Balaban J connectivity index is 1.68. The number of hydrogen-bond donors (Lipinski definition) is 1. The number of rotatable bonds is 5. The van der Waals surface area contributed by atoms with Gasteiger partial charge in [-0.15, -0.1) is 0 Å². The highest BCUT2D eigenvalue weighted by atomic mass is 79.9. The van der Waals surface area contributed by atoms with Crippen molar-refractivity contribution in [1.29, 1.82) is 0 Å². The van der Waals surface area contributed by atoms with E-state index in [0.29, 0.717) is 12.1 Å². The molecule has 1 N–H and O–H groups in total. The van der Waals surface area contributed by atoms with E-state index in [1.54, 1.807) is 5.01 Å². The number of halogens is 1. The Labute approximate surface area is 196 Å². The fourth-order valence-corrected chi connectivity index (χ4v) is 4.61. The molecule has 0 saturated heterocycles. The number of hydrazine groups is 1. The van der Waals surface area contributed by atoms with Crippen LogP contribution in [0.1, 0.15) is 27.7 Å². The molecule has 1 unspecified atom stereocenters. The van der Waals surface area contributed by atoms with Crippen molar-refractivity contribution in [3.63, 3.8) is 0 Å². The summed E-state index contributed by atoms with van der Waals surface area (Å²) in [4.78, 5) is 16.0. The first kappa shape index (κ1) is 20.3. The maximum atomic E-state index is 13.7. The van der Waals surface area contributed by atoms with Gasteiger partial charge in [0.05, 0.1) is 16.9 Å². The second-order valence-electron chi connectivity index (χ2n) is 7.68. The number of amides is 1. The molecule has 158 valence electrons. The topological polar surface area (TPSA) is 35.6 Å². The number of carbonyl (C=O) groups excluding carboxylic acids is 1. The predicted molar refractivity (Wildman–Crippen MR) is 132 cm³/mol. The average Bonchev–Trinajstić information content (AvgIpc) is 2.84. The Morgan fingerprint density at radius 2 is 1.38 bits per heavy atom. The molecule has 0 radical (unpaired) electrons. The summed E-state index contributed by atoms with van der Waals surface area (Å²) in [5, 5.41) is 1.74. The smallest absolute Gasteiger partial charge is 0.276 e. The Hall–Kier alpha value is -3.57. The number of anilines is 2. The molecule has 0 bridgehead atoms. The van der Waals surface area contributed by atoms with Crippen LogP contribution >= 0.6 is 15.9 Å². The lowest BCUT2D eigenvalue weighted by molar-refractivity contribution is 0.0700. The Morgan fingerprint density at radius 3 is 2.12 bits per heavy atom. The minimum Gasteiger partial charge on any atom is -0.341 e. The largest absolute Gasteiger partial charge is 0.341 e. The molecule has 5 heteroatoms. The van der Waals surface area contributed by atoms with Gasteiger partial charge in [0.15, 0.2) is 6.17 Å². The normalized spacial score (nSPS) is 15.4. The molecule has 4 aromatic rings. The van der Waals surface area contributed by atoms with Gasteiger partial charge in [-0.05, 0) is 35.9 Å². The van der Waals surface area contributed by atoms with Gasteiger partial charge in [-0.2, -0.15) is 0 Å². The summed E-state index contributed by atoms with van der Waals surface area (Å²) in [5.74, 6) is -0.0606. The molecule has 0 saturated carbocycles. The highest BCUT2D eigenvalue weighted by Gasteiger charge is 2.39. The minimum atomic E-state index is -0.353. The second-order valence-corrected chi connectivity index (χ2v) is 8.53. The SMILES string of the molecule is O=C1c2ccccc2N(Cc2ccccc2)C(c2ccccc2Br)N1Nc1ccccc1. The highest BCUT2D eigenvalue weighted by Crippen LogP contribution is 2.41. The van der Waals surface area contributed by atoms with Crippen LogP contribution in [0.3, 0.4) is 0 Å². The zero-order valence-corrected chi connectivity index (χ0v) is 18.9. The number of para-hydroxylation sites is 2. The number of nitrogens with zero attached hydrogens (tertiary/aromatic N) is 2. The number of nitrogens with one attached hydrogen (secondary N) is 1. The van der Waals surface area contributed by atoms with E-state index in [-0.39, 0.29) is 12.1 Å². The van der Waals surface area contributed by atoms with Crippen LogP contribution in [-0.4, -0.2) is 10.9 Å². The fourth-order valence-electron chi connectivity index (χ4n) is 4.12. The molecule has 4 nitrogen and oxygen atoms in total. The third kappa shape index (κ3) is 3.87. The van der Waals surface area contributed by atoms with Gasteiger partial charge in [-0.25, -0.2) is 5.01 Å². The van der Waals surface area contributed by atoms with Gasteiger partial charge in [0, 0.05) is 16.6 Å². The maximum absolute atomic E-state index is 13.7. The molecule has 5 rings (SSSR count). The van der Waals surface area contributed by atoms with Crippen LogP contribution in [0.2, 0.25) is 0 Å². The van der Waals surface area contributed by atoms with Crippen LogP contribution in [0.15, 0.2) is 114 Å². The summed E-state index contributed by atoms with van der Waals surface area (Å²) in [6.07, 6.45) is -0.353. The molecule has 1 heterocycles. The lowest BCUT2D eigenvalue weighted by Gasteiger charge is -2.46. The molecule has 0 fully saturated rings. The Bertz CT molecular complexity index is 1230. The van der Waals surface area contributed by atoms with E-state index >= 15 is 0 Å². The van der Waals surface area contributed by atoms with Gasteiger partial charge in [0.2, 0.25) is 0 Å². The van der Waals surface area contributed by atoms with E-state index in [1.807, 2.05) is 91.0 Å². The minimum absolute atomic E-state index is 0.0606. The van der Waals surface area contributed by atoms with E-state index in [0.717, 1.165) is 21.4 Å². The van der Waals surface area contributed by atoms with Gasteiger partial charge < -0.3 is 4.90 Å². The van der Waals surface area contributed by atoms with Gasteiger partial charge >= 0.3 is 0 Å². The van der Waals surface area contributed by atoms with Crippen molar-refractivity contribution in [2.24, 2.45) is 0 Å². The van der Waals surface area contributed by atoms with Gasteiger partial charge in [-0.3, -0.25) is 10.2 Å². The van der Waals surface area contributed by atoms with Crippen LogP contribution in [0.25, 0.3) is 0 Å². The zero-order chi connectivity index (χ0) is 21.9. The third-order valence-electron chi connectivity index (χ3n) is 5.60. The number of carbonyl (C=O) groups is 1. The summed E-state index contributed by atoms with van der Waals surface area (Å²) in [7, 11) is 0. The lowest BCUT2D eigenvalue weighted by Crippen LogP contribution is -2.51. The maximum Gasteiger partial charge on any atom is 0.276 e. The quantitative estimate of drug-likeness (QED) is 0.345. The molecule has 1 aliphatic rings. The Morgan fingerprint density at radius 1 is 0.750 bits per heavy atom. The summed E-state index contributed by atoms with van der Waals surface area (Å²) in [5.41, 5.74) is 8.03. The number of hydrogen-bond acceptors (Lipinski definition) is 3. The number of benzene rings is 4. The van der Waals surface area contributed by atoms with Crippen molar-refractivity contribution in [3.05, 3.63) is 130 Å². The molecule has 1 amide bonds. The first-order valence-corrected chi connectivity index (χ1v) is 11.3. The van der Waals surface area contributed by atoms with Crippen LogP contribution in [0.5, 0.6) is 0 Å². The van der Waals surface area contributed by atoms with Crippen molar-refractivity contribution >= 4 is 33.2 Å². The van der Waals surface area contributed by atoms with Crippen LogP contribution in [0.4, 0.5) is 11.4 Å². The van der Waals surface area contributed by atoms with Gasteiger partial charge in [0.1, 0.15) is 0 Å². The molecule has 1 atom stereocenters. The first-order valence-electron chi connectivity index (χ1n) is 10.5. The van der Waals surface area contributed by atoms with Crippen molar-refractivity contribution in [1.82, 2.24) is 5.01 Å². The molecule has 1 aliphatic heterocycles. The van der Waals surface area contributed by atoms with Crippen LogP contribution < -0.4 is 10.3 Å². The molecular weight excluding hydrogens is 462 g/mol. The van der Waals surface area contributed by atoms with Crippen molar-refractivity contribution in [2.75, 3.05) is 10.3 Å². The van der Waals surface area contributed by atoms with E-state index in [4.69, 9.17) is 0 Å². The molecule has 0 aliphatic carbocycles. The van der Waals surface area contributed by atoms with Crippen molar-refractivity contribution < 1.29 is 4.79 Å². The van der Waals surface area contributed by atoms with E-state index in [9.17, 15) is 4.79 Å². The summed E-state index contributed by atoms with van der Waals surface area (Å²) in [6, 6.07) is 36.0. The van der Waals surface area contributed by atoms with Crippen LogP contribution in [-0.2, 0) is 6.54 Å². The fraction of sp³-hybridized carbons (Fsp3) is 0.0741. The summed E-state index contributed by atoms with van der Waals surface area (Å²) >= 11 is 3.73.